The molecule has 0 spiro atoms. The van der Waals surface area contributed by atoms with Crippen LogP contribution in [-0.4, -0.2) is 25.7 Å². The van der Waals surface area contributed by atoms with Crippen LogP contribution in [0.25, 0.3) is 0 Å². The molecule has 4 atom stereocenters. The van der Waals surface area contributed by atoms with E-state index in [2.05, 4.69) is 69.2 Å². The van der Waals surface area contributed by atoms with E-state index in [1.165, 1.54) is 24.1 Å². The minimum atomic E-state index is 0.591. The van der Waals surface area contributed by atoms with Crippen LogP contribution in [-0.2, 0) is 0 Å². The van der Waals surface area contributed by atoms with E-state index in [9.17, 15) is 0 Å². The molecule has 20 heavy (non-hydrogen) atoms. The van der Waals surface area contributed by atoms with Gasteiger partial charge in [0.1, 0.15) is 0 Å². The van der Waals surface area contributed by atoms with Crippen molar-refractivity contribution < 1.29 is 0 Å². The van der Waals surface area contributed by atoms with Crippen molar-refractivity contribution in [2.75, 3.05) is 18.5 Å². The minimum Gasteiger partial charge on any atom is -0.367 e. The summed E-state index contributed by atoms with van der Waals surface area (Å²) in [5.41, 5.74) is 2.79. The van der Waals surface area contributed by atoms with Crippen LogP contribution in [0.4, 0.5) is 5.69 Å². The summed E-state index contributed by atoms with van der Waals surface area (Å²) in [5, 5.41) is 3.58. The van der Waals surface area contributed by atoms with Crippen molar-refractivity contribution in [3.8, 4) is 0 Å². The SMILES string of the molecule is CCN(c1ccccc1C)C1C(C)CC(C)CC1NC. The summed E-state index contributed by atoms with van der Waals surface area (Å²) in [5.74, 6) is 1.56. The third-order valence-corrected chi connectivity index (χ3v) is 4.92. The van der Waals surface area contributed by atoms with Crippen molar-refractivity contribution in [2.45, 2.75) is 52.6 Å². The molecule has 1 saturated carbocycles. The topological polar surface area (TPSA) is 15.3 Å². The number of rotatable bonds is 4. The van der Waals surface area contributed by atoms with Crippen LogP contribution in [0.15, 0.2) is 24.3 Å². The third-order valence-electron chi connectivity index (χ3n) is 4.92. The van der Waals surface area contributed by atoms with Gasteiger partial charge in [-0.05, 0) is 57.2 Å². The zero-order valence-corrected chi connectivity index (χ0v) is 13.7. The fourth-order valence-corrected chi connectivity index (χ4v) is 4.08. The van der Waals surface area contributed by atoms with E-state index in [0.717, 1.165) is 18.4 Å². The van der Waals surface area contributed by atoms with E-state index in [4.69, 9.17) is 0 Å². The summed E-state index contributed by atoms with van der Waals surface area (Å²) in [6.45, 7) is 10.4. The Bertz CT molecular complexity index is 429. The molecule has 0 aliphatic heterocycles. The Kier molecular flexibility index (Phi) is 5.09. The highest BCUT2D eigenvalue weighted by Gasteiger charge is 2.36. The van der Waals surface area contributed by atoms with Crippen molar-refractivity contribution in [1.29, 1.82) is 0 Å². The molecular formula is C18H30N2. The van der Waals surface area contributed by atoms with E-state index in [1.54, 1.807) is 0 Å². The fourth-order valence-electron chi connectivity index (χ4n) is 4.08. The lowest BCUT2D eigenvalue weighted by molar-refractivity contribution is 0.202. The third kappa shape index (κ3) is 3.01. The highest BCUT2D eigenvalue weighted by atomic mass is 15.2. The normalized spacial score (nSPS) is 30.2. The second kappa shape index (κ2) is 6.62. The first-order chi connectivity index (χ1) is 9.58. The Morgan fingerprint density at radius 2 is 1.90 bits per heavy atom. The average molecular weight is 274 g/mol. The molecule has 0 bridgehead atoms. The molecule has 1 aromatic rings. The first kappa shape index (κ1) is 15.4. The van der Waals surface area contributed by atoms with E-state index < -0.39 is 0 Å². The number of hydrogen-bond donors (Lipinski definition) is 1. The second-order valence-corrected chi connectivity index (χ2v) is 6.51. The van der Waals surface area contributed by atoms with Gasteiger partial charge in [0.15, 0.2) is 0 Å². The molecule has 2 rings (SSSR count). The highest BCUT2D eigenvalue weighted by Crippen LogP contribution is 2.35. The molecule has 0 saturated heterocycles. The summed E-state index contributed by atoms with van der Waals surface area (Å²) in [6, 6.07) is 9.98. The second-order valence-electron chi connectivity index (χ2n) is 6.51. The zero-order chi connectivity index (χ0) is 14.7. The molecular weight excluding hydrogens is 244 g/mol. The van der Waals surface area contributed by atoms with Gasteiger partial charge in [-0.15, -0.1) is 0 Å². The molecule has 0 radical (unpaired) electrons. The van der Waals surface area contributed by atoms with Gasteiger partial charge in [0, 0.05) is 24.3 Å². The maximum absolute atomic E-state index is 3.58. The molecule has 0 heterocycles. The molecule has 2 heteroatoms. The molecule has 2 nitrogen and oxygen atoms in total. The zero-order valence-electron chi connectivity index (χ0n) is 13.7. The summed E-state index contributed by atoms with van der Waals surface area (Å²) in [6.07, 6.45) is 2.62. The van der Waals surface area contributed by atoms with Crippen LogP contribution in [0.1, 0.15) is 39.2 Å². The highest BCUT2D eigenvalue weighted by molar-refractivity contribution is 5.54. The maximum Gasteiger partial charge on any atom is 0.0468 e. The Labute approximate surface area is 124 Å². The number of para-hydroxylation sites is 1. The van der Waals surface area contributed by atoms with Gasteiger partial charge in [-0.2, -0.15) is 0 Å². The lowest BCUT2D eigenvalue weighted by Crippen LogP contribution is -2.56. The first-order valence-corrected chi connectivity index (χ1v) is 8.08. The number of benzene rings is 1. The smallest absolute Gasteiger partial charge is 0.0468 e. The fraction of sp³-hybridized carbons (Fsp3) is 0.667. The van der Waals surface area contributed by atoms with Crippen LogP contribution in [0.2, 0.25) is 0 Å². The Balaban J connectivity index is 2.32. The molecule has 4 unspecified atom stereocenters. The molecule has 1 N–H and O–H groups in total. The standard InChI is InChI=1S/C18H30N2/c1-6-20(17-10-8-7-9-14(17)3)18-15(4)11-13(2)12-16(18)19-5/h7-10,13,15-16,18-19H,6,11-12H2,1-5H3. The van der Waals surface area contributed by atoms with Crippen LogP contribution >= 0.6 is 0 Å². The van der Waals surface area contributed by atoms with Crippen molar-refractivity contribution in [3.63, 3.8) is 0 Å². The monoisotopic (exact) mass is 274 g/mol. The van der Waals surface area contributed by atoms with Gasteiger partial charge in [0.25, 0.3) is 0 Å². The van der Waals surface area contributed by atoms with Crippen LogP contribution < -0.4 is 10.2 Å². The van der Waals surface area contributed by atoms with Crippen molar-refractivity contribution in [3.05, 3.63) is 29.8 Å². The summed E-state index contributed by atoms with van der Waals surface area (Å²) >= 11 is 0. The average Bonchev–Trinajstić information content (AvgIpc) is 2.43. The Morgan fingerprint density at radius 1 is 1.20 bits per heavy atom. The summed E-state index contributed by atoms with van der Waals surface area (Å²) < 4.78 is 0. The van der Waals surface area contributed by atoms with E-state index >= 15 is 0 Å². The van der Waals surface area contributed by atoms with Gasteiger partial charge in [0.05, 0.1) is 0 Å². The van der Waals surface area contributed by atoms with Crippen molar-refractivity contribution in [1.82, 2.24) is 5.32 Å². The number of likely N-dealkylation sites (N-methyl/N-ethyl adjacent to an activating group) is 2. The lowest BCUT2D eigenvalue weighted by Gasteiger charge is -2.47. The number of nitrogens with one attached hydrogen (secondary N) is 1. The van der Waals surface area contributed by atoms with E-state index in [1.807, 2.05) is 0 Å². The Morgan fingerprint density at radius 3 is 2.50 bits per heavy atom. The quantitative estimate of drug-likeness (QED) is 0.897. The van der Waals surface area contributed by atoms with Gasteiger partial charge in [0.2, 0.25) is 0 Å². The number of nitrogens with zero attached hydrogens (tertiary/aromatic N) is 1. The van der Waals surface area contributed by atoms with E-state index in [0.29, 0.717) is 12.1 Å². The van der Waals surface area contributed by atoms with Gasteiger partial charge in [-0.25, -0.2) is 0 Å². The molecule has 1 aliphatic carbocycles. The van der Waals surface area contributed by atoms with Crippen LogP contribution in [0.5, 0.6) is 0 Å². The minimum absolute atomic E-state index is 0.591. The number of hydrogen-bond acceptors (Lipinski definition) is 2. The van der Waals surface area contributed by atoms with Gasteiger partial charge in [-0.1, -0.05) is 32.0 Å². The predicted octanol–water partition coefficient (Wildman–Crippen LogP) is 3.84. The maximum atomic E-state index is 3.58. The number of anilines is 1. The number of aryl methyl sites for hydroxylation is 1. The predicted molar refractivity (Wildman–Crippen MR) is 88.4 cm³/mol. The Hall–Kier alpha value is -1.02. The molecule has 112 valence electrons. The van der Waals surface area contributed by atoms with E-state index in [-0.39, 0.29) is 0 Å². The lowest BCUT2D eigenvalue weighted by atomic mass is 9.75. The molecule has 1 fully saturated rings. The molecule has 1 aromatic carbocycles. The summed E-state index contributed by atoms with van der Waals surface area (Å²) in [7, 11) is 2.12. The first-order valence-electron chi connectivity index (χ1n) is 8.08. The van der Waals surface area contributed by atoms with Gasteiger partial charge in [-0.3, -0.25) is 0 Å². The molecule has 0 aromatic heterocycles. The summed E-state index contributed by atoms with van der Waals surface area (Å²) in [4.78, 5) is 2.62. The van der Waals surface area contributed by atoms with Gasteiger partial charge >= 0.3 is 0 Å². The van der Waals surface area contributed by atoms with Crippen molar-refractivity contribution in [2.24, 2.45) is 11.8 Å². The molecule has 1 aliphatic rings. The van der Waals surface area contributed by atoms with Crippen LogP contribution in [0, 0.1) is 18.8 Å². The van der Waals surface area contributed by atoms with Gasteiger partial charge < -0.3 is 10.2 Å². The largest absolute Gasteiger partial charge is 0.367 e. The van der Waals surface area contributed by atoms with Crippen LogP contribution in [0.3, 0.4) is 0 Å². The van der Waals surface area contributed by atoms with Crippen molar-refractivity contribution >= 4 is 5.69 Å². The molecule has 0 amide bonds.